The second-order valence-corrected chi connectivity index (χ2v) is 6.69. The third-order valence-electron chi connectivity index (χ3n) is 4.00. The lowest BCUT2D eigenvalue weighted by Gasteiger charge is -2.27. The molecule has 0 spiro atoms. The number of amides is 1. The lowest BCUT2D eigenvalue weighted by atomic mass is 10.2. The van der Waals surface area contributed by atoms with E-state index in [0.29, 0.717) is 0 Å². The van der Waals surface area contributed by atoms with Gasteiger partial charge in [-0.2, -0.15) is 5.10 Å². The molecule has 1 saturated heterocycles. The molecule has 124 valence electrons. The summed E-state index contributed by atoms with van der Waals surface area (Å²) in [5.41, 5.74) is 7.25. The van der Waals surface area contributed by atoms with Gasteiger partial charge < -0.3 is 15.4 Å². The van der Waals surface area contributed by atoms with Gasteiger partial charge in [0.2, 0.25) is 5.91 Å². The molecule has 1 amide bonds. The van der Waals surface area contributed by atoms with Crippen LogP contribution in [0.3, 0.4) is 0 Å². The van der Waals surface area contributed by atoms with Crippen molar-refractivity contribution >= 4 is 27.9 Å². The Balaban J connectivity index is 1.67. The van der Waals surface area contributed by atoms with Crippen molar-refractivity contribution in [3.05, 3.63) is 36.3 Å². The van der Waals surface area contributed by atoms with Crippen molar-refractivity contribution in [2.45, 2.75) is 6.42 Å². The highest BCUT2D eigenvalue weighted by atomic mass is 32.1. The van der Waals surface area contributed by atoms with Crippen LogP contribution in [-0.2, 0) is 16.0 Å². The van der Waals surface area contributed by atoms with Gasteiger partial charge in [-0.25, -0.2) is 9.50 Å². The van der Waals surface area contributed by atoms with Crippen LogP contribution in [0.25, 0.3) is 15.3 Å². The zero-order valence-corrected chi connectivity index (χ0v) is 13.8. The number of hydrogen-bond donors (Lipinski definition) is 1. The van der Waals surface area contributed by atoms with Crippen molar-refractivity contribution in [2.24, 2.45) is 5.73 Å². The van der Waals surface area contributed by atoms with E-state index in [0.717, 1.165) is 53.0 Å². The highest BCUT2D eigenvalue weighted by Crippen LogP contribution is 2.32. The van der Waals surface area contributed by atoms with Crippen LogP contribution in [0.4, 0.5) is 5.82 Å². The van der Waals surface area contributed by atoms with Gasteiger partial charge in [0.05, 0.1) is 30.7 Å². The summed E-state index contributed by atoms with van der Waals surface area (Å²) >= 11 is 1.60. The van der Waals surface area contributed by atoms with Crippen molar-refractivity contribution < 1.29 is 9.53 Å². The normalized spacial score (nSPS) is 15.1. The second-order valence-electron chi connectivity index (χ2n) is 5.66. The number of ether oxygens (including phenoxy) is 1. The van der Waals surface area contributed by atoms with Crippen LogP contribution in [-0.4, -0.2) is 46.8 Å². The van der Waals surface area contributed by atoms with Crippen molar-refractivity contribution in [1.82, 2.24) is 14.6 Å². The fraction of sp³-hybridized carbons (Fsp3) is 0.312. The molecule has 0 aliphatic carbocycles. The molecule has 3 aromatic heterocycles. The standard InChI is InChI=1S/C16H17N5O2S/c17-14(22)7-12-9-19-21-10-13(24-16(12)21)11-1-2-18-15(8-11)20-3-5-23-6-4-20/h1-2,8-10H,3-7H2,(H2,17,22). The Bertz CT molecular complexity index is 882. The van der Waals surface area contributed by atoms with Gasteiger partial charge in [0.25, 0.3) is 0 Å². The molecule has 1 fully saturated rings. The van der Waals surface area contributed by atoms with E-state index in [1.54, 1.807) is 22.0 Å². The average molecular weight is 343 g/mol. The number of nitrogens with two attached hydrogens (primary N) is 1. The van der Waals surface area contributed by atoms with Crippen LogP contribution in [0, 0.1) is 0 Å². The average Bonchev–Trinajstić information content (AvgIpc) is 3.18. The van der Waals surface area contributed by atoms with Gasteiger partial charge in [0.15, 0.2) is 0 Å². The molecule has 0 bridgehead atoms. The van der Waals surface area contributed by atoms with Crippen molar-refractivity contribution in [3.63, 3.8) is 0 Å². The molecule has 0 atom stereocenters. The zero-order valence-electron chi connectivity index (χ0n) is 13.0. The molecule has 0 unspecified atom stereocenters. The molecule has 24 heavy (non-hydrogen) atoms. The first-order chi connectivity index (χ1) is 11.7. The van der Waals surface area contributed by atoms with Crippen LogP contribution in [0.15, 0.2) is 30.7 Å². The summed E-state index contributed by atoms with van der Waals surface area (Å²) in [6.45, 7) is 3.17. The number of pyridine rings is 1. The van der Waals surface area contributed by atoms with E-state index < -0.39 is 0 Å². The van der Waals surface area contributed by atoms with Crippen molar-refractivity contribution in [2.75, 3.05) is 31.2 Å². The first-order valence-electron chi connectivity index (χ1n) is 7.74. The number of anilines is 1. The number of fused-ring (bicyclic) bond motifs is 1. The van der Waals surface area contributed by atoms with E-state index in [2.05, 4.69) is 21.0 Å². The fourth-order valence-corrected chi connectivity index (χ4v) is 3.87. The predicted molar refractivity (Wildman–Crippen MR) is 92.2 cm³/mol. The van der Waals surface area contributed by atoms with Crippen LogP contribution >= 0.6 is 11.3 Å². The number of carbonyl (C=O) groups excluding carboxylic acids is 1. The molecule has 0 saturated carbocycles. The smallest absolute Gasteiger partial charge is 0.222 e. The van der Waals surface area contributed by atoms with E-state index in [9.17, 15) is 4.79 Å². The van der Waals surface area contributed by atoms with Crippen molar-refractivity contribution in [1.29, 1.82) is 0 Å². The van der Waals surface area contributed by atoms with Gasteiger partial charge in [-0.05, 0) is 17.7 Å². The molecule has 2 N–H and O–H groups in total. The summed E-state index contributed by atoms with van der Waals surface area (Å²) in [6, 6.07) is 4.08. The maximum atomic E-state index is 11.2. The van der Waals surface area contributed by atoms with E-state index in [1.165, 1.54) is 0 Å². The van der Waals surface area contributed by atoms with Gasteiger partial charge in [-0.1, -0.05) is 0 Å². The number of morpholine rings is 1. The Labute approximate surface area is 142 Å². The molecule has 4 heterocycles. The Morgan fingerprint density at radius 1 is 1.38 bits per heavy atom. The number of primary amides is 1. The number of thiazole rings is 1. The van der Waals surface area contributed by atoms with Gasteiger partial charge in [-0.15, -0.1) is 11.3 Å². The fourth-order valence-electron chi connectivity index (χ4n) is 2.81. The summed E-state index contributed by atoms with van der Waals surface area (Å²) < 4.78 is 7.19. The Hall–Kier alpha value is -2.45. The SMILES string of the molecule is NC(=O)Cc1cnn2cc(-c3ccnc(N4CCOCC4)c3)sc12. The summed E-state index contributed by atoms with van der Waals surface area (Å²) in [5.74, 6) is 0.609. The highest BCUT2D eigenvalue weighted by molar-refractivity contribution is 7.20. The maximum absolute atomic E-state index is 11.2. The lowest BCUT2D eigenvalue weighted by molar-refractivity contribution is -0.117. The van der Waals surface area contributed by atoms with Crippen LogP contribution < -0.4 is 10.6 Å². The van der Waals surface area contributed by atoms with Gasteiger partial charge >= 0.3 is 0 Å². The molecule has 4 rings (SSSR count). The number of aromatic nitrogens is 3. The minimum Gasteiger partial charge on any atom is -0.378 e. The highest BCUT2D eigenvalue weighted by Gasteiger charge is 2.15. The lowest BCUT2D eigenvalue weighted by Crippen LogP contribution is -2.36. The van der Waals surface area contributed by atoms with Gasteiger partial charge in [-0.3, -0.25) is 4.79 Å². The predicted octanol–water partition coefficient (Wildman–Crippen LogP) is 1.32. The number of carbonyl (C=O) groups is 1. The number of rotatable bonds is 4. The Kier molecular flexibility index (Phi) is 3.91. The van der Waals surface area contributed by atoms with Gasteiger partial charge in [0.1, 0.15) is 10.6 Å². The molecule has 3 aromatic rings. The summed E-state index contributed by atoms with van der Waals surface area (Å²) in [7, 11) is 0. The molecule has 1 aliphatic heterocycles. The molecule has 1 aliphatic rings. The maximum Gasteiger partial charge on any atom is 0.222 e. The molecular weight excluding hydrogens is 326 g/mol. The molecule has 7 nitrogen and oxygen atoms in total. The topological polar surface area (TPSA) is 85.8 Å². The first kappa shape index (κ1) is 15.1. The van der Waals surface area contributed by atoms with E-state index >= 15 is 0 Å². The number of hydrogen-bond acceptors (Lipinski definition) is 6. The molecule has 8 heteroatoms. The van der Waals surface area contributed by atoms with Gasteiger partial charge in [0, 0.05) is 31.0 Å². The minimum atomic E-state index is -0.349. The van der Waals surface area contributed by atoms with E-state index in [1.807, 2.05) is 18.5 Å². The van der Waals surface area contributed by atoms with Crippen LogP contribution in [0.5, 0.6) is 0 Å². The van der Waals surface area contributed by atoms with E-state index in [4.69, 9.17) is 10.5 Å². The van der Waals surface area contributed by atoms with E-state index in [-0.39, 0.29) is 12.3 Å². The Morgan fingerprint density at radius 2 is 2.21 bits per heavy atom. The largest absolute Gasteiger partial charge is 0.378 e. The second kappa shape index (κ2) is 6.21. The summed E-state index contributed by atoms with van der Waals surface area (Å²) in [4.78, 5) is 19.9. The quantitative estimate of drug-likeness (QED) is 0.772. The third kappa shape index (κ3) is 2.85. The molecule has 0 aromatic carbocycles. The monoisotopic (exact) mass is 343 g/mol. The third-order valence-corrected chi connectivity index (χ3v) is 5.20. The van der Waals surface area contributed by atoms with Crippen LogP contribution in [0.2, 0.25) is 0 Å². The summed E-state index contributed by atoms with van der Waals surface area (Å²) in [6.07, 6.45) is 5.71. The minimum absolute atomic E-state index is 0.207. The zero-order chi connectivity index (χ0) is 16.5. The molecule has 0 radical (unpaired) electrons. The number of nitrogens with zero attached hydrogens (tertiary/aromatic N) is 4. The molecular formula is C16H17N5O2S. The summed E-state index contributed by atoms with van der Waals surface area (Å²) in [5, 5.41) is 4.31. The van der Waals surface area contributed by atoms with Crippen molar-refractivity contribution in [3.8, 4) is 10.4 Å². The first-order valence-corrected chi connectivity index (χ1v) is 8.56. The Morgan fingerprint density at radius 3 is 3.00 bits per heavy atom. The van der Waals surface area contributed by atoms with Crippen LogP contribution in [0.1, 0.15) is 5.56 Å².